The van der Waals surface area contributed by atoms with Gasteiger partial charge < -0.3 is 15.3 Å². The molecule has 1 aliphatic rings. The summed E-state index contributed by atoms with van der Waals surface area (Å²) in [6, 6.07) is -0.0520. The first-order chi connectivity index (χ1) is 9.06. The number of rotatable bonds is 2. The average Bonchev–Trinajstić information content (AvgIpc) is 2.39. The minimum absolute atomic E-state index is 0.0520. The molecule has 1 fully saturated rings. The lowest BCUT2D eigenvalue weighted by Gasteiger charge is -2.30. The molecule has 2 N–H and O–H groups in total. The summed E-state index contributed by atoms with van der Waals surface area (Å²) in [4.78, 5) is 31.6. The van der Waals surface area contributed by atoms with Crippen LogP contribution in [0.2, 0.25) is 5.15 Å². The summed E-state index contributed by atoms with van der Waals surface area (Å²) >= 11 is 5.66. The number of carbonyl (C=O) groups is 2. The van der Waals surface area contributed by atoms with Crippen LogP contribution >= 0.6 is 11.6 Å². The van der Waals surface area contributed by atoms with Crippen LogP contribution in [0.1, 0.15) is 23.3 Å². The lowest BCUT2D eigenvalue weighted by Crippen LogP contribution is -2.46. The number of nitrogens with zero attached hydrogens (tertiary/aromatic N) is 3. The second-order valence-corrected chi connectivity index (χ2v) is 4.63. The maximum absolute atomic E-state index is 11.9. The highest BCUT2D eigenvalue weighted by Gasteiger charge is 2.24. The van der Waals surface area contributed by atoms with Gasteiger partial charge in [-0.25, -0.2) is 9.78 Å². The van der Waals surface area contributed by atoms with Crippen LogP contribution < -0.4 is 5.32 Å². The quantitative estimate of drug-likeness (QED) is 0.845. The molecule has 2 heterocycles. The highest BCUT2D eigenvalue weighted by molar-refractivity contribution is 6.29. The highest BCUT2D eigenvalue weighted by atomic mass is 35.5. The minimum Gasteiger partial charge on any atom is -0.465 e. The molecular formula is C11H13ClN4O3. The number of carbonyl (C=O) groups excluding carboxylic acids is 1. The van der Waals surface area contributed by atoms with E-state index in [2.05, 4.69) is 15.3 Å². The molecule has 0 aliphatic carbocycles. The normalized spacial score (nSPS) is 16.2. The van der Waals surface area contributed by atoms with E-state index in [1.165, 1.54) is 17.3 Å². The zero-order valence-corrected chi connectivity index (χ0v) is 10.8. The van der Waals surface area contributed by atoms with Gasteiger partial charge in [-0.3, -0.25) is 9.78 Å². The van der Waals surface area contributed by atoms with E-state index in [1.54, 1.807) is 0 Å². The van der Waals surface area contributed by atoms with E-state index in [0.29, 0.717) is 25.9 Å². The summed E-state index contributed by atoms with van der Waals surface area (Å²) in [6.45, 7) is 0.836. The number of piperidine rings is 1. The third-order valence-electron chi connectivity index (χ3n) is 2.94. The SMILES string of the molecule is O=C(NC1CCN(C(=O)O)CC1)c1cncc(Cl)n1. The molecule has 1 aliphatic heterocycles. The fraction of sp³-hybridized carbons (Fsp3) is 0.455. The van der Waals surface area contributed by atoms with E-state index in [1.807, 2.05) is 0 Å². The van der Waals surface area contributed by atoms with Crippen molar-refractivity contribution < 1.29 is 14.7 Å². The Morgan fingerprint density at radius 1 is 1.37 bits per heavy atom. The van der Waals surface area contributed by atoms with Crippen molar-refractivity contribution in [3.05, 3.63) is 23.2 Å². The molecule has 102 valence electrons. The molecule has 0 saturated carbocycles. The number of amides is 2. The van der Waals surface area contributed by atoms with Crippen molar-refractivity contribution in [3.8, 4) is 0 Å². The van der Waals surface area contributed by atoms with Crippen molar-refractivity contribution in [2.75, 3.05) is 13.1 Å². The molecule has 19 heavy (non-hydrogen) atoms. The van der Waals surface area contributed by atoms with Crippen LogP contribution in [0.15, 0.2) is 12.4 Å². The zero-order chi connectivity index (χ0) is 13.8. The van der Waals surface area contributed by atoms with Gasteiger partial charge in [-0.1, -0.05) is 11.6 Å². The first-order valence-corrected chi connectivity index (χ1v) is 6.20. The Morgan fingerprint density at radius 2 is 2.05 bits per heavy atom. The molecule has 0 bridgehead atoms. The molecule has 2 amide bonds. The number of halogens is 1. The van der Waals surface area contributed by atoms with Gasteiger partial charge in [-0.05, 0) is 12.8 Å². The topological polar surface area (TPSA) is 95.4 Å². The molecule has 0 radical (unpaired) electrons. The summed E-state index contributed by atoms with van der Waals surface area (Å²) in [5.74, 6) is -0.344. The van der Waals surface area contributed by atoms with Gasteiger partial charge in [0, 0.05) is 19.1 Å². The lowest BCUT2D eigenvalue weighted by molar-refractivity contribution is 0.0902. The van der Waals surface area contributed by atoms with Crippen molar-refractivity contribution >= 4 is 23.6 Å². The molecular weight excluding hydrogens is 272 g/mol. The van der Waals surface area contributed by atoms with E-state index in [9.17, 15) is 9.59 Å². The third kappa shape index (κ3) is 3.54. The number of nitrogens with one attached hydrogen (secondary N) is 1. The van der Waals surface area contributed by atoms with Gasteiger partial charge in [-0.15, -0.1) is 0 Å². The van der Waals surface area contributed by atoms with Crippen LogP contribution in [0.25, 0.3) is 0 Å². The van der Waals surface area contributed by atoms with Crippen LogP contribution in [0, 0.1) is 0 Å². The molecule has 1 aromatic heterocycles. The number of hydrogen-bond acceptors (Lipinski definition) is 4. The van der Waals surface area contributed by atoms with E-state index in [4.69, 9.17) is 16.7 Å². The van der Waals surface area contributed by atoms with Gasteiger partial charge in [0.1, 0.15) is 10.8 Å². The van der Waals surface area contributed by atoms with Gasteiger partial charge >= 0.3 is 6.09 Å². The second kappa shape index (κ2) is 5.83. The molecule has 0 unspecified atom stereocenters. The summed E-state index contributed by atoms with van der Waals surface area (Å²) in [6.07, 6.45) is 2.94. The van der Waals surface area contributed by atoms with E-state index >= 15 is 0 Å². The lowest BCUT2D eigenvalue weighted by atomic mass is 10.1. The summed E-state index contributed by atoms with van der Waals surface area (Å²) in [5.41, 5.74) is 0.160. The summed E-state index contributed by atoms with van der Waals surface area (Å²) in [7, 11) is 0. The van der Waals surface area contributed by atoms with Crippen molar-refractivity contribution in [3.63, 3.8) is 0 Å². The number of hydrogen-bond donors (Lipinski definition) is 2. The Balaban J connectivity index is 1.89. The highest BCUT2D eigenvalue weighted by Crippen LogP contribution is 2.11. The van der Waals surface area contributed by atoms with Crippen molar-refractivity contribution in [2.45, 2.75) is 18.9 Å². The number of likely N-dealkylation sites (tertiary alicyclic amines) is 1. The fourth-order valence-corrected chi connectivity index (χ4v) is 2.07. The Labute approximate surface area is 114 Å². The van der Waals surface area contributed by atoms with E-state index in [0.717, 1.165) is 0 Å². The van der Waals surface area contributed by atoms with Crippen LogP contribution in [0.5, 0.6) is 0 Å². The van der Waals surface area contributed by atoms with E-state index in [-0.39, 0.29) is 22.8 Å². The predicted molar refractivity (Wildman–Crippen MR) is 67.1 cm³/mol. The second-order valence-electron chi connectivity index (χ2n) is 4.24. The first kappa shape index (κ1) is 13.5. The van der Waals surface area contributed by atoms with Gasteiger partial charge in [0.25, 0.3) is 5.91 Å². The standard InChI is InChI=1S/C11H13ClN4O3/c12-9-6-13-5-8(15-9)10(17)14-7-1-3-16(4-2-7)11(18)19/h5-7H,1-4H2,(H,14,17)(H,18,19). The molecule has 0 spiro atoms. The van der Waals surface area contributed by atoms with Crippen molar-refractivity contribution in [2.24, 2.45) is 0 Å². The van der Waals surface area contributed by atoms with Crippen LogP contribution in [0.4, 0.5) is 4.79 Å². The Hall–Kier alpha value is -1.89. The van der Waals surface area contributed by atoms with Crippen LogP contribution in [-0.4, -0.2) is 51.1 Å². The van der Waals surface area contributed by atoms with Crippen molar-refractivity contribution in [1.82, 2.24) is 20.2 Å². The fourth-order valence-electron chi connectivity index (χ4n) is 1.93. The van der Waals surface area contributed by atoms with Crippen molar-refractivity contribution in [1.29, 1.82) is 0 Å². The first-order valence-electron chi connectivity index (χ1n) is 5.82. The molecule has 0 aromatic carbocycles. The van der Waals surface area contributed by atoms with Gasteiger partial charge in [0.15, 0.2) is 0 Å². The van der Waals surface area contributed by atoms with Gasteiger partial charge in [0.2, 0.25) is 0 Å². The molecule has 0 atom stereocenters. The third-order valence-corrected chi connectivity index (χ3v) is 3.12. The molecule has 7 nitrogen and oxygen atoms in total. The molecule has 8 heteroatoms. The van der Waals surface area contributed by atoms with Gasteiger partial charge in [0.05, 0.1) is 12.4 Å². The van der Waals surface area contributed by atoms with Crippen LogP contribution in [0.3, 0.4) is 0 Å². The Morgan fingerprint density at radius 3 is 2.63 bits per heavy atom. The molecule has 1 saturated heterocycles. The molecule has 1 aromatic rings. The van der Waals surface area contributed by atoms with Crippen LogP contribution in [-0.2, 0) is 0 Å². The summed E-state index contributed by atoms with van der Waals surface area (Å²) < 4.78 is 0. The smallest absolute Gasteiger partial charge is 0.407 e. The maximum atomic E-state index is 11.9. The Bertz CT molecular complexity index is 489. The molecule has 2 rings (SSSR count). The average molecular weight is 285 g/mol. The zero-order valence-electron chi connectivity index (χ0n) is 10.0. The number of carboxylic acid groups (broad SMARTS) is 1. The largest absolute Gasteiger partial charge is 0.465 e. The summed E-state index contributed by atoms with van der Waals surface area (Å²) in [5, 5.41) is 11.8. The minimum atomic E-state index is -0.925. The monoisotopic (exact) mass is 284 g/mol. The maximum Gasteiger partial charge on any atom is 0.407 e. The number of aromatic nitrogens is 2. The predicted octanol–water partition coefficient (Wildman–Crippen LogP) is 1.00. The van der Waals surface area contributed by atoms with E-state index < -0.39 is 6.09 Å². The Kier molecular flexibility index (Phi) is 4.16. The van der Waals surface area contributed by atoms with Gasteiger partial charge in [-0.2, -0.15) is 0 Å².